The molecule has 1 unspecified atom stereocenters. The number of rotatable bonds is 3. The molecular formula is C10H22N2O2S. The number of nitrogens with zero attached hydrogens (tertiary/aromatic N) is 1. The van der Waals surface area contributed by atoms with Gasteiger partial charge in [-0.1, -0.05) is 20.8 Å². The van der Waals surface area contributed by atoms with Crippen molar-refractivity contribution in [2.24, 2.45) is 5.41 Å². The molecule has 0 aliphatic carbocycles. The molecule has 15 heavy (non-hydrogen) atoms. The summed E-state index contributed by atoms with van der Waals surface area (Å²) < 4.78 is 25.6. The lowest BCUT2D eigenvalue weighted by Crippen LogP contribution is -2.42. The Bertz CT molecular complexity index is 300. The fraction of sp³-hybridized carbons (Fsp3) is 1.00. The number of sulfonamides is 1. The molecule has 0 spiro atoms. The lowest BCUT2D eigenvalue weighted by molar-refractivity contribution is 0.371. The van der Waals surface area contributed by atoms with Gasteiger partial charge >= 0.3 is 0 Å². The van der Waals surface area contributed by atoms with Crippen molar-refractivity contribution >= 4 is 10.0 Å². The van der Waals surface area contributed by atoms with Gasteiger partial charge in [0.1, 0.15) is 0 Å². The monoisotopic (exact) mass is 234 g/mol. The summed E-state index contributed by atoms with van der Waals surface area (Å²) in [6.45, 7) is 7.54. The highest BCUT2D eigenvalue weighted by molar-refractivity contribution is 7.89. The van der Waals surface area contributed by atoms with Crippen LogP contribution in [0.2, 0.25) is 0 Å². The van der Waals surface area contributed by atoms with Gasteiger partial charge in [0, 0.05) is 19.6 Å². The van der Waals surface area contributed by atoms with E-state index in [0.717, 1.165) is 19.5 Å². The molecule has 0 aromatic heterocycles. The van der Waals surface area contributed by atoms with Crippen LogP contribution in [-0.2, 0) is 10.0 Å². The van der Waals surface area contributed by atoms with Crippen molar-refractivity contribution in [2.45, 2.75) is 33.2 Å². The molecule has 0 saturated carbocycles. The maximum absolute atomic E-state index is 12.0. The average molecular weight is 234 g/mol. The first-order chi connectivity index (χ1) is 6.72. The Morgan fingerprint density at radius 2 is 2.00 bits per heavy atom. The summed E-state index contributed by atoms with van der Waals surface area (Å²) in [5.41, 5.74) is -0.181. The van der Waals surface area contributed by atoms with Crippen molar-refractivity contribution in [3.63, 3.8) is 0 Å². The maximum Gasteiger partial charge on any atom is 0.214 e. The minimum Gasteiger partial charge on any atom is -0.315 e. The smallest absolute Gasteiger partial charge is 0.214 e. The Labute approximate surface area is 93.1 Å². The van der Waals surface area contributed by atoms with Crippen molar-refractivity contribution < 1.29 is 8.42 Å². The van der Waals surface area contributed by atoms with Crippen molar-refractivity contribution in [1.29, 1.82) is 0 Å². The summed E-state index contributed by atoms with van der Waals surface area (Å²) in [5, 5.41) is 3.18. The molecule has 1 saturated heterocycles. The number of hydrogen-bond acceptors (Lipinski definition) is 3. The van der Waals surface area contributed by atoms with E-state index in [1.54, 1.807) is 7.05 Å². The molecule has 1 rings (SSSR count). The van der Waals surface area contributed by atoms with Crippen LogP contribution < -0.4 is 5.32 Å². The van der Waals surface area contributed by atoms with Crippen molar-refractivity contribution in [3.8, 4) is 0 Å². The third kappa shape index (κ3) is 3.74. The third-order valence-electron chi connectivity index (χ3n) is 2.60. The molecule has 0 aromatic rings. The Balaban J connectivity index is 2.68. The fourth-order valence-corrected chi connectivity index (χ4v) is 3.76. The zero-order chi connectivity index (χ0) is 11.7. The van der Waals surface area contributed by atoms with Crippen molar-refractivity contribution in [1.82, 2.24) is 9.62 Å². The van der Waals surface area contributed by atoms with Crippen LogP contribution in [-0.4, -0.2) is 44.7 Å². The van der Waals surface area contributed by atoms with E-state index in [0.29, 0.717) is 0 Å². The minimum atomic E-state index is -3.11. The lowest BCUT2D eigenvalue weighted by Gasteiger charge is -2.27. The van der Waals surface area contributed by atoms with E-state index in [9.17, 15) is 8.42 Å². The molecule has 0 amide bonds. The maximum atomic E-state index is 12.0. The summed E-state index contributed by atoms with van der Waals surface area (Å²) >= 11 is 0. The summed E-state index contributed by atoms with van der Waals surface area (Å²) in [6.07, 6.45) is 0.917. The molecular weight excluding hydrogens is 212 g/mol. The van der Waals surface area contributed by atoms with Crippen LogP contribution in [0.25, 0.3) is 0 Å². The molecule has 1 heterocycles. The number of hydrogen-bond donors (Lipinski definition) is 1. The van der Waals surface area contributed by atoms with Crippen LogP contribution in [0.3, 0.4) is 0 Å². The predicted octanol–water partition coefficient (Wildman–Crippen LogP) is 0.656. The van der Waals surface area contributed by atoms with Gasteiger partial charge in [0.15, 0.2) is 0 Å². The Morgan fingerprint density at radius 3 is 2.40 bits per heavy atom. The molecule has 1 aliphatic heterocycles. The van der Waals surface area contributed by atoms with Crippen molar-refractivity contribution in [3.05, 3.63) is 0 Å². The first-order valence-corrected chi connectivity index (χ1v) is 7.00. The Kier molecular flexibility index (Phi) is 3.79. The van der Waals surface area contributed by atoms with Gasteiger partial charge in [0.05, 0.1) is 5.75 Å². The molecule has 1 fully saturated rings. The Morgan fingerprint density at radius 1 is 1.40 bits per heavy atom. The molecule has 0 bridgehead atoms. The zero-order valence-electron chi connectivity index (χ0n) is 10.1. The summed E-state index contributed by atoms with van der Waals surface area (Å²) in [6, 6.07) is 0.136. The van der Waals surface area contributed by atoms with Gasteiger partial charge in [-0.2, -0.15) is 0 Å². The summed E-state index contributed by atoms with van der Waals surface area (Å²) in [4.78, 5) is 0. The van der Waals surface area contributed by atoms with E-state index in [4.69, 9.17) is 0 Å². The molecule has 1 aliphatic rings. The van der Waals surface area contributed by atoms with Gasteiger partial charge in [0.2, 0.25) is 10.0 Å². The normalized spacial score (nSPS) is 23.7. The van der Waals surface area contributed by atoms with Crippen molar-refractivity contribution in [2.75, 3.05) is 25.9 Å². The van der Waals surface area contributed by atoms with Gasteiger partial charge in [-0.15, -0.1) is 0 Å². The van der Waals surface area contributed by atoms with E-state index in [2.05, 4.69) is 5.32 Å². The van der Waals surface area contributed by atoms with Crippen LogP contribution in [0, 0.1) is 5.41 Å². The quantitative estimate of drug-likeness (QED) is 0.780. The second-order valence-electron chi connectivity index (χ2n) is 5.48. The molecule has 5 heteroatoms. The van der Waals surface area contributed by atoms with Gasteiger partial charge in [0.25, 0.3) is 0 Å². The van der Waals surface area contributed by atoms with E-state index in [1.807, 2.05) is 20.8 Å². The molecule has 0 aromatic carbocycles. The first-order valence-electron chi connectivity index (χ1n) is 5.39. The fourth-order valence-electron chi connectivity index (χ4n) is 1.83. The van der Waals surface area contributed by atoms with E-state index < -0.39 is 10.0 Å². The standard InChI is InChI=1S/C10H22N2O2S/c1-10(2,3)8-15(13,14)12(4)9-5-6-11-7-9/h9,11H,5-8H2,1-4H3. The largest absolute Gasteiger partial charge is 0.315 e. The third-order valence-corrected chi connectivity index (χ3v) is 5.01. The number of likely N-dealkylation sites (N-methyl/N-ethyl adjacent to an activating group) is 1. The summed E-state index contributed by atoms with van der Waals surface area (Å²) in [5.74, 6) is 0.215. The average Bonchev–Trinajstić information content (AvgIpc) is 2.49. The summed E-state index contributed by atoms with van der Waals surface area (Å²) in [7, 11) is -1.41. The SMILES string of the molecule is CN(C1CCNC1)S(=O)(=O)CC(C)(C)C. The van der Waals surface area contributed by atoms with Crippen LogP contribution in [0.1, 0.15) is 27.2 Å². The first kappa shape index (κ1) is 12.9. The van der Waals surface area contributed by atoms with E-state index >= 15 is 0 Å². The second kappa shape index (κ2) is 4.39. The van der Waals surface area contributed by atoms with Crippen LogP contribution >= 0.6 is 0 Å². The molecule has 4 nitrogen and oxygen atoms in total. The molecule has 0 radical (unpaired) electrons. The van der Waals surface area contributed by atoms with Crippen LogP contribution in [0.5, 0.6) is 0 Å². The van der Waals surface area contributed by atoms with Gasteiger partial charge in [-0.3, -0.25) is 0 Å². The van der Waals surface area contributed by atoms with Gasteiger partial charge < -0.3 is 5.32 Å². The Hall–Kier alpha value is -0.130. The lowest BCUT2D eigenvalue weighted by atomic mass is 10.0. The van der Waals surface area contributed by atoms with E-state index in [-0.39, 0.29) is 17.2 Å². The van der Waals surface area contributed by atoms with Gasteiger partial charge in [-0.05, 0) is 18.4 Å². The minimum absolute atomic E-state index is 0.136. The highest BCUT2D eigenvalue weighted by atomic mass is 32.2. The van der Waals surface area contributed by atoms with Crippen LogP contribution in [0.15, 0.2) is 0 Å². The molecule has 1 N–H and O–H groups in total. The zero-order valence-corrected chi connectivity index (χ0v) is 10.9. The molecule has 90 valence electrons. The topological polar surface area (TPSA) is 49.4 Å². The van der Waals surface area contributed by atoms with Gasteiger partial charge in [-0.25, -0.2) is 12.7 Å². The second-order valence-corrected chi connectivity index (χ2v) is 7.51. The number of nitrogens with one attached hydrogen (secondary N) is 1. The van der Waals surface area contributed by atoms with Crippen LogP contribution in [0.4, 0.5) is 0 Å². The molecule has 1 atom stereocenters. The highest BCUT2D eigenvalue weighted by Crippen LogP contribution is 2.20. The predicted molar refractivity (Wildman–Crippen MR) is 62.3 cm³/mol. The highest BCUT2D eigenvalue weighted by Gasteiger charge is 2.31. The van der Waals surface area contributed by atoms with E-state index in [1.165, 1.54) is 4.31 Å².